The van der Waals surface area contributed by atoms with Crippen LogP contribution >= 0.6 is 0 Å². The zero-order valence-electron chi connectivity index (χ0n) is 13.3. The number of carbonyl (C=O) groups is 1. The maximum absolute atomic E-state index is 12.4. The summed E-state index contributed by atoms with van der Waals surface area (Å²) in [5.74, 6) is 0.798. The molecule has 7 nitrogen and oxygen atoms in total. The van der Waals surface area contributed by atoms with Crippen LogP contribution in [0.2, 0.25) is 0 Å². The molecule has 0 aliphatic carbocycles. The second-order valence-corrected chi connectivity index (χ2v) is 5.09. The number of ether oxygens (including phenoxy) is 2. The minimum Gasteiger partial charge on any atom is -0.493 e. The maximum Gasteiger partial charge on any atom is 0.323 e. The average Bonchev–Trinajstić information content (AvgIpc) is 2.94. The minimum atomic E-state index is -0.287. The number of amides is 1. The van der Waals surface area contributed by atoms with Gasteiger partial charge in [-0.2, -0.15) is 0 Å². The lowest BCUT2D eigenvalue weighted by Crippen LogP contribution is -2.12. The lowest BCUT2D eigenvalue weighted by atomic mass is 10.1. The molecule has 1 heterocycles. The largest absolute Gasteiger partial charge is 0.493 e. The monoisotopic (exact) mass is 327 g/mol. The number of benzene rings is 2. The van der Waals surface area contributed by atoms with Crippen LogP contribution in [-0.4, -0.2) is 29.6 Å². The zero-order chi connectivity index (χ0) is 17.1. The Labute approximate surface area is 137 Å². The Morgan fingerprint density at radius 2 is 1.88 bits per heavy atom. The molecule has 24 heavy (non-hydrogen) atoms. The molecule has 0 radical (unpaired) electrons. The third kappa shape index (κ3) is 3.10. The summed E-state index contributed by atoms with van der Waals surface area (Å²) in [5.41, 5.74) is 2.04. The number of carbonyl (C=O) groups excluding carboxylic acids is 1. The van der Waals surface area contributed by atoms with E-state index in [1.165, 1.54) is 7.11 Å². The summed E-state index contributed by atoms with van der Waals surface area (Å²) in [7, 11) is 1.52. The Hall–Kier alpha value is -3.22. The molecule has 0 aliphatic heterocycles. The Morgan fingerprint density at radius 3 is 2.62 bits per heavy atom. The highest BCUT2D eigenvalue weighted by Crippen LogP contribution is 2.28. The molecule has 0 saturated heterocycles. The van der Waals surface area contributed by atoms with Crippen molar-refractivity contribution < 1.29 is 14.3 Å². The predicted molar refractivity (Wildman–Crippen MR) is 91.0 cm³/mol. The molecule has 0 fully saturated rings. The van der Waals surface area contributed by atoms with Crippen LogP contribution in [0, 0.1) is 0 Å². The van der Waals surface area contributed by atoms with Gasteiger partial charge in [-0.05, 0) is 43.3 Å². The smallest absolute Gasteiger partial charge is 0.323 e. The SMILES string of the molecule is CCOc1ccc(C(=O)Nc2ccc3[nH]c(=O)[nH]c3c2)cc1OC. The van der Waals surface area contributed by atoms with Crippen LogP contribution in [0.15, 0.2) is 41.2 Å². The summed E-state index contributed by atoms with van der Waals surface area (Å²) < 4.78 is 10.7. The molecule has 0 aliphatic rings. The van der Waals surface area contributed by atoms with E-state index in [0.29, 0.717) is 40.4 Å². The van der Waals surface area contributed by atoms with Gasteiger partial charge in [-0.15, -0.1) is 0 Å². The van der Waals surface area contributed by atoms with Crippen molar-refractivity contribution in [2.75, 3.05) is 19.0 Å². The fourth-order valence-electron chi connectivity index (χ4n) is 2.40. The van der Waals surface area contributed by atoms with Crippen molar-refractivity contribution in [3.05, 3.63) is 52.4 Å². The van der Waals surface area contributed by atoms with Gasteiger partial charge in [0.25, 0.3) is 5.91 Å². The van der Waals surface area contributed by atoms with E-state index in [1.807, 2.05) is 6.92 Å². The van der Waals surface area contributed by atoms with Gasteiger partial charge in [0.05, 0.1) is 24.8 Å². The summed E-state index contributed by atoms with van der Waals surface area (Å²) >= 11 is 0. The van der Waals surface area contributed by atoms with Gasteiger partial charge in [0, 0.05) is 11.3 Å². The van der Waals surface area contributed by atoms with Crippen LogP contribution in [0.4, 0.5) is 5.69 Å². The number of methoxy groups -OCH3 is 1. The van der Waals surface area contributed by atoms with E-state index in [9.17, 15) is 9.59 Å². The molecular formula is C17H17N3O4. The highest BCUT2D eigenvalue weighted by Gasteiger charge is 2.12. The van der Waals surface area contributed by atoms with Crippen LogP contribution in [0.5, 0.6) is 11.5 Å². The van der Waals surface area contributed by atoms with Gasteiger partial charge < -0.3 is 24.8 Å². The molecule has 1 aromatic heterocycles. The summed E-state index contributed by atoms with van der Waals surface area (Å²) in [6, 6.07) is 10.1. The van der Waals surface area contributed by atoms with Gasteiger partial charge in [0.2, 0.25) is 0 Å². The van der Waals surface area contributed by atoms with Crippen molar-refractivity contribution in [2.24, 2.45) is 0 Å². The first-order valence-electron chi connectivity index (χ1n) is 7.45. The predicted octanol–water partition coefficient (Wildman–Crippen LogP) is 2.52. The number of imidazole rings is 1. The minimum absolute atomic E-state index is 0.284. The van der Waals surface area contributed by atoms with Crippen LogP contribution in [0.3, 0.4) is 0 Å². The molecule has 0 bridgehead atoms. The van der Waals surface area contributed by atoms with E-state index in [0.717, 1.165) is 0 Å². The Bertz CT molecular complexity index is 942. The van der Waals surface area contributed by atoms with Crippen molar-refractivity contribution in [1.82, 2.24) is 9.97 Å². The van der Waals surface area contributed by atoms with Crippen LogP contribution in [0.1, 0.15) is 17.3 Å². The van der Waals surface area contributed by atoms with Crippen LogP contribution in [0.25, 0.3) is 11.0 Å². The molecule has 3 N–H and O–H groups in total. The number of rotatable bonds is 5. The molecular weight excluding hydrogens is 310 g/mol. The second-order valence-electron chi connectivity index (χ2n) is 5.09. The summed E-state index contributed by atoms with van der Waals surface area (Å²) in [6.07, 6.45) is 0. The fourth-order valence-corrected chi connectivity index (χ4v) is 2.40. The standard InChI is InChI=1S/C17H17N3O4/c1-3-24-14-7-4-10(8-15(14)23-2)16(21)18-11-5-6-12-13(9-11)20-17(22)19-12/h4-9H,3H2,1-2H3,(H,18,21)(H2,19,20,22). The van der Waals surface area contributed by atoms with Gasteiger partial charge in [-0.1, -0.05) is 0 Å². The topological polar surface area (TPSA) is 96.2 Å². The first kappa shape index (κ1) is 15.7. The molecule has 0 atom stereocenters. The van der Waals surface area contributed by atoms with Gasteiger partial charge >= 0.3 is 5.69 Å². The van der Waals surface area contributed by atoms with E-state index in [1.54, 1.807) is 36.4 Å². The van der Waals surface area contributed by atoms with Crippen molar-refractivity contribution in [2.45, 2.75) is 6.92 Å². The van der Waals surface area contributed by atoms with Crippen molar-refractivity contribution >= 4 is 22.6 Å². The van der Waals surface area contributed by atoms with E-state index >= 15 is 0 Å². The fraction of sp³-hybridized carbons (Fsp3) is 0.176. The molecule has 0 unspecified atom stereocenters. The van der Waals surface area contributed by atoms with Gasteiger partial charge in [-0.3, -0.25) is 4.79 Å². The highest BCUT2D eigenvalue weighted by molar-refractivity contribution is 6.05. The first-order valence-corrected chi connectivity index (χ1v) is 7.45. The molecule has 3 rings (SSSR count). The molecule has 1 amide bonds. The summed E-state index contributed by atoms with van der Waals surface area (Å²) in [5, 5.41) is 2.79. The summed E-state index contributed by atoms with van der Waals surface area (Å²) in [6.45, 7) is 2.39. The van der Waals surface area contributed by atoms with Crippen LogP contribution in [-0.2, 0) is 0 Å². The van der Waals surface area contributed by atoms with Crippen molar-refractivity contribution in [3.8, 4) is 11.5 Å². The van der Waals surface area contributed by atoms with Crippen molar-refractivity contribution in [3.63, 3.8) is 0 Å². The number of aromatic amines is 2. The molecule has 0 saturated carbocycles. The Morgan fingerprint density at radius 1 is 1.08 bits per heavy atom. The molecule has 3 aromatic rings. The van der Waals surface area contributed by atoms with Crippen molar-refractivity contribution in [1.29, 1.82) is 0 Å². The number of fused-ring (bicyclic) bond motifs is 1. The highest BCUT2D eigenvalue weighted by atomic mass is 16.5. The average molecular weight is 327 g/mol. The van der Waals surface area contributed by atoms with Crippen LogP contribution < -0.4 is 20.5 Å². The zero-order valence-corrected chi connectivity index (χ0v) is 13.3. The molecule has 0 spiro atoms. The van der Waals surface area contributed by atoms with E-state index in [4.69, 9.17) is 9.47 Å². The summed E-state index contributed by atoms with van der Waals surface area (Å²) in [4.78, 5) is 29.0. The molecule has 124 valence electrons. The maximum atomic E-state index is 12.4. The van der Waals surface area contributed by atoms with Gasteiger partial charge in [0.1, 0.15) is 0 Å². The third-order valence-corrected chi connectivity index (χ3v) is 3.50. The number of nitrogens with one attached hydrogen (secondary N) is 3. The Kier molecular flexibility index (Phi) is 4.24. The third-order valence-electron chi connectivity index (χ3n) is 3.50. The van der Waals surface area contributed by atoms with E-state index < -0.39 is 0 Å². The number of anilines is 1. The second kappa shape index (κ2) is 6.49. The number of H-pyrrole nitrogens is 2. The number of hydrogen-bond donors (Lipinski definition) is 3. The number of aromatic nitrogens is 2. The van der Waals surface area contributed by atoms with E-state index in [-0.39, 0.29) is 11.6 Å². The quantitative estimate of drug-likeness (QED) is 0.671. The molecule has 2 aromatic carbocycles. The Balaban J connectivity index is 1.83. The van der Waals surface area contributed by atoms with E-state index in [2.05, 4.69) is 15.3 Å². The van der Waals surface area contributed by atoms with Gasteiger partial charge in [0.15, 0.2) is 11.5 Å². The lowest BCUT2D eigenvalue weighted by molar-refractivity contribution is 0.102. The molecule has 7 heteroatoms. The normalized spacial score (nSPS) is 10.6. The van der Waals surface area contributed by atoms with Gasteiger partial charge in [-0.25, -0.2) is 4.79 Å². The lowest BCUT2D eigenvalue weighted by Gasteiger charge is -2.11. The number of hydrogen-bond acceptors (Lipinski definition) is 4. The first-order chi connectivity index (χ1) is 11.6.